The van der Waals surface area contributed by atoms with Gasteiger partial charge >= 0.3 is 0 Å². The van der Waals surface area contributed by atoms with Crippen LogP contribution in [0.15, 0.2) is 35.1 Å². The number of nitrogens with zero attached hydrogens (tertiary/aromatic N) is 3. The Kier molecular flexibility index (Phi) is 7.48. The second-order valence-corrected chi connectivity index (χ2v) is 5.20. The standard InChI is InChI=1S/C15H18N4O2.2ClH/c16-9-12-5-1-2-7-19(12)15(20)13-8-14(21-18-13)11-4-3-6-17-10-11;;/h3-4,6,8,10,12H,1-2,5,7,9,16H2;2*1H. The third-order valence-electron chi connectivity index (χ3n) is 3.84. The highest BCUT2D eigenvalue weighted by molar-refractivity contribution is 5.93. The summed E-state index contributed by atoms with van der Waals surface area (Å²) in [5.41, 5.74) is 6.89. The minimum atomic E-state index is -0.107. The third kappa shape index (κ3) is 4.22. The van der Waals surface area contributed by atoms with Gasteiger partial charge in [-0.3, -0.25) is 9.78 Å². The Bertz CT molecular complexity index is 621. The van der Waals surface area contributed by atoms with Gasteiger partial charge in [0.25, 0.3) is 5.91 Å². The topological polar surface area (TPSA) is 85.2 Å². The highest BCUT2D eigenvalue weighted by Crippen LogP contribution is 2.22. The molecule has 1 aliphatic heterocycles. The largest absolute Gasteiger partial charge is 0.355 e. The van der Waals surface area contributed by atoms with Crippen molar-refractivity contribution in [2.75, 3.05) is 13.1 Å². The molecular weight excluding hydrogens is 339 g/mol. The molecule has 0 spiro atoms. The summed E-state index contributed by atoms with van der Waals surface area (Å²) in [5.74, 6) is 0.441. The van der Waals surface area contributed by atoms with E-state index in [-0.39, 0.29) is 36.8 Å². The average Bonchev–Trinajstić information content (AvgIpc) is 3.05. The molecule has 0 aromatic carbocycles. The summed E-state index contributed by atoms with van der Waals surface area (Å²) in [6.07, 6.45) is 6.44. The fraction of sp³-hybridized carbons (Fsp3) is 0.400. The van der Waals surface area contributed by atoms with E-state index in [9.17, 15) is 4.79 Å². The summed E-state index contributed by atoms with van der Waals surface area (Å²) < 4.78 is 5.26. The molecule has 3 rings (SSSR count). The summed E-state index contributed by atoms with van der Waals surface area (Å²) in [4.78, 5) is 18.4. The molecule has 0 bridgehead atoms. The van der Waals surface area contributed by atoms with Crippen LogP contribution in [0.5, 0.6) is 0 Å². The normalized spacial score (nSPS) is 17.1. The fourth-order valence-corrected chi connectivity index (χ4v) is 2.68. The van der Waals surface area contributed by atoms with E-state index in [4.69, 9.17) is 10.3 Å². The first-order valence-electron chi connectivity index (χ1n) is 7.17. The van der Waals surface area contributed by atoms with Crippen LogP contribution in [-0.4, -0.2) is 40.1 Å². The molecule has 1 atom stereocenters. The molecule has 2 aromatic heterocycles. The van der Waals surface area contributed by atoms with E-state index in [1.165, 1.54) is 0 Å². The van der Waals surface area contributed by atoms with Crippen LogP contribution in [0.3, 0.4) is 0 Å². The molecular formula is C15H20Cl2N4O2. The third-order valence-corrected chi connectivity index (χ3v) is 3.84. The van der Waals surface area contributed by atoms with Crippen LogP contribution in [0.2, 0.25) is 0 Å². The van der Waals surface area contributed by atoms with E-state index in [1.807, 2.05) is 17.0 Å². The van der Waals surface area contributed by atoms with Gasteiger partial charge in [-0.2, -0.15) is 0 Å². The molecule has 3 heterocycles. The number of rotatable bonds is 3. The van der Waals surface area contributed by atoms with E-state index >= 15 is 0 Å². The van der Waals surface area contributed by atoms with Gasteiger partial charge in [-0.1, -0.05) is 5.16 Å². The second kappa shape index (κ2) is 8.86. The van der Waals surface area contributed by atoms with Crippen molar-refractivity contribution >= 4 is 30.7 Å². The Hall–Kier alpha value is -1.63. The maximum absolute atomic E-state index is 12.5. The van der Waals surface area contributed by atoms with Gasteiger partial charge in [-0.05, 0) is 31.4 Å². The van der Waals surface area contributed by atoms with Gasteiger partial charge in [0.2, 0.25) is 0 Å². The van der Waals surface area contributed by atoms with Crippen molar-refractivity contribution in [2.45, 2.75) is 25.3 Å². The summed E-state index contributed by atoms with van der Waals surface area (Å²) in [7, 11) is 0. The molecule has 1 fully saturated rings. The van der Waals surface area contributed by atoms with Crippen LogP contribution in [0.1, 0.15) is 29.8 Å². The van der Waals surface area contributed by atoms with Crippen molar-refractivity contribution in [2.24, 2.45) is 5.73 Å². The lowest BCUT2D eigenvalue weighted by Gasteiger charge is -2.34. The van der Waals surface area contributed by atoms with Crippen LogP contribution in [-0.2, 0) is 0 Å². The lowest BCUT2D eigenvalue weighted by molar-refractivity contribution is 0.0613. The number of likely N-dealkylation sites (tertiary alicyclic amines) is 1. The Morgan fingerprint density at radius 3 is 2.91 bits per heavy atom. The van der Waals surface area contributed by atoms with E-state index in [0.29, 0.717) is 18.0 Å². The van der Waals surface area contributed by atoms with Gasteiger partial charge in [0.05, 0.1) is 0 Å². The predicted octanol–water partition coefficient (Wildman–Crippen LogP) is 2.53. The number of pyridine rings is 1. The number of amides is 1. The van der Waals surface area contributed by atoms with Crippen molar-refractivity contribution in [1.29, 1.82) is 0 Å². The maximum Gasteiger partial charge on any atom is 0.276 e. The summed E-state index contributed by atoms with van der Waals surface area (Å²) in [6.45, 7) is 1.22. The molecule has 0 saturated carbocycles. The zero-order valence-corrected chi connectivity index (χ0v) is 14.2. The summed E-state index contributed by atoms with van der Waals surface area (Å²) in [5, 5.41) is 3.90. The van der Waals surface area contributed by atoms with Crippen molar-refractivity contribution < 1.29 is 9.32 Å². The lowest BCUT2D eigenvalue weighted by atomic mass is 10.0. The van der Waals surface area contributed by atoms with Crippen molar-refractivity contribution in [3.05, 3.63) is 36.3 Å². The van der Waals surface area contributed by atoms with Gasteiger partial charge in [-0.15, -0.1) is 24.8 Å². The predicted molar refractivity (Wildman–Crippen MR) is 92.0 cm³/mol. The molecule has 8 heteroatoms. The smallest absolute Gasteiger partial charge is 0.276 e. The van der Waals surface area contributed by atoms with Crippen molar-refractivity contribution in [1.82, 2.24) is 15.0 Å². The van der Waals surface area contributed by atoms with Gasteiger partial charge < -0.3 is 15.2 Å². The Labute approximate surface area is 147 Å². The number of hydrogen-bond acceptors (Lipinski definition) is 5. The second-order valence-electron chi connectivity index (χ2n) is 5.20. The van der Waals surface area contributed by atoms with E-state index in [1.54, 1.807) is 18.5 Å². The molecule has 6 nitrogen and oxygen atoms in total. The molecule has 23 heavy (non-hydrogen) atoms. The first kappa shape index (κ1) is 19.4. The average molecular weight is 359 g/mol. The Balaban J connectivity index is 0.00000132. The van der Waals surface area contributed by atoms with E-state index < -0.39 is 0 Å². The maximum atomic E-state index is 12.5. The van der Waals surface area contributed by atoms with Crippen molar-refractivity contribution in [3.63, 3.8) is 0 Å². The van der Waals surface area contributed by atoms with Crippen LogP contribution < -0.4 is 5.73 Å². The zero-order valence-electron chi connectivity index (χ0n) is 12.6. The minimum absolute atomic E-state index is 0. The highest BCUT2D eigenvalue weighted by Gasteiger charge is 2.28. The van der Waals surface area contributed by atoms with Gasteiger partial charge in [0, 0.05) is 43.2 Å². The quantitative estimate of drug-likeness (QED) is 0.910. The van der Waals surface area contributed by atoms with Crippen LogP contribution in [0, 0.1) is 0 Å². The number of aromatic nitrogens is 2. The van der Waals surface area contributed by atoms with Gasteiger partial charge in [0.1, 0.15) is 0 Å². The van der Waals surface area contributed by atoms with Crippen LogP contribution in [0.4, 0.5) is 0 Å². The molecule has 2 N–H and O–H groups in total. The number of piperidine rings is 1. The molecule has 1 aliphatic rings. The lowest BCUT2D eigenvalue weighted by Crippen LogP contribution is -2.47. The highest BCUT2D eigenvalue weighted by atomic mass is 35.5. The molecule has 2 aromatic rings. The first-order valence-corrected chi connectivity index (χ1v) is 7.17. The molecule has 0 aliphatic carbocycles. The number of carbonyl (C=O) groups is 1. The van der Waals surface area contributed by atoms with E-state index in [0.717, 1.165) is 31.4 Å². The zero-order chi connectivity index (χ0) is 14.7. The molecule has 126 valence electrons. The summed E-state index contributed by atoms with van der Waals surface area (Å²) in [6, 6.07) is 5.45. The number of hydrogen-bond donors (Lipinski definition) is 1. The monoisotopic (exact) mass is 358 g/mol. The number of carbonyl (C=O) groups excluding carboxylic acids is 1. The number of halogens is 2. The fourth-order valence-electron chi connectivity index (χ4n) is 2.68. The van der Waals surface area contributed by atoms with Gasteiger partial charge in [0.15, 0.2) is 11.5 Å². The SMILES string of the molecule is Cl.Cl.NCC1CCCCN1C(=O)c1cc(-c2cccnc2)on1. The van der Waals surface area contributed by atoms with E-state index in [2.05, 4.69) is 10.1 Å². The summed E-state index contributed by atoms with van der Waals surface area (Å²) >= 11 is 0. The molecule has 1 amide bonds. The van der Waals surface area contributed by atoms with Crippen LogP contribution >= 0.6 is 24.8 Å². The van der Waals surface area contributed by atoms with Gasteiger partial charge in [-0.25, -0.2) is 0 Å². The molecule has 1 unspecified atom stereocenters. The minimum Gasteiger partial charge on any atom is -0.355 e. The van der Waals surface area contributed by atoms with Crippen molar-refractivity contribution in [3.8, 4) is 11.3 Å². The Morgan fingerprint density at radius 2 is 2.22 bits per heavy atom. The molecule has 1 saturated heterocycles. The number of nitrogens with two attached hydrogens (primary N) is 1. The van der Waals surface area contributed by atoms with Crippen LogP contribution in [0.25, 0.3) is 11.3 Å². The molecule has 0 radical (unpaired) electrons. The Morgan fingerprint density at radius 1 is 1.39 bits per heavy atom. The first-order chi connectivity index (χ1) is 10.3.